The van der Waals surface area contributed by atoms with E-state index in [0.717, 1.165) is 11.3 Å². The van der Waals surface area contributed by atoms with Crippen molar-refractivity contribution < 1.29 is 9.18 Å². The molecule has 2 aromatic rings. The molecule has 0 radical (unpaired) electrons. The van der Waals surface area contributed by atoms with E-state index in [1.165, 1.54) is 12.1 Å². The van der Waals surface area contributed by atoms with Gasteiger partial charge in [-0.3, -0.25) is 4.79 Å². The van der Waals surface area contributed by atoms with E-state index < -0.39 is 5.82 Å². The number of rotatable bonds is 2. The lowest BCUT2D eigenvalue weighted by Gasteiger charge is -2.25. The van der Waals surface area contributed by atoms with Gasteiger partial charge in [-0.2, -0.15) is 0 Å². The molecular formula is C16H14ClFN2O. The van der Waals surface area contributed by atoms with E-state index in [9.17, 15) is 9.18 Å². The lowest BCUT2D eigenvalue weighted by molar-refractivity contribution is -0.119. The Kier molecular flexibility index (Phi) is 3.80. The minimum atomic E-state index is -0.600. The third-order valence-corrected chi connectivity index (χ3v) is 3.89. The summed E-state index contributed by atoms with van der Waals surface area (Å²) in [6, 6.07) is 12.4. The highest BCUT2D eigenvalue weighted by molar-refractivity contribution is 6.31. The van der Waals surface area contributed by atoms with Crippen molar-refractivity contribution in [2.24, 2.45) is 5.92 Å². The Morgan fingerprint density at radius 3 is 2.90 bits per heavy atom. The number of carbonyl (C=O) groups is 1. The highest BCUT2D eigenvalue weighted by Gasteiger charge is 2.25. The Morgan fingerprint density at radius 2 is 2.05 bits per heavy atom. The first-order chi connectivity index (χ1) is 10.1. The van der Waals surface area contributed by atoms with Gasteiger partial charge in [0, 0.05) is 12.2 Å². The monoisotopic (exact) mass is 304 g/mol. The van der Waals surface area contributed by atoms with Gasteiger partial charge >= 0.3 is 0 Å². The topological polar surface area (TPSA) is 41.1 Å². The standard InChI is InChI=1S/C16H14ClFN2O/c17-12-5-3-7-14(15(12)18)20-16(21)11-8-10-4-1-2-6-13(10)19-9-11/h1-7,11,19H,8-9H2,(H,20,21). The number of carbonyl (C=O) groups excluding carboxylic acids is 1. The molecule has 1 atom stereocenters. The summed E-state index contributed by atoms with van der Waals surface area (Å²) in [6.07, 6.45) is 0.636. The van der Waals surface area contributed by atoms with E-state index >= 15 is 0 Å². The van der Waals surface area contributed by atoms with E-state index in [1.54, 1.807) is 6.07 Å². The zero-order valence-corrected chi connectivity index (χ0v) is 12.0. The molecule has 1 unspecified atom stereocenters. The molecular weight excluding hydrogens is 291 g/mol. The number of hydrogen-bond donors (Lipinski definition) is 2. The zero-order chi connectivity index (χ0) is 14.8. The van der Waals surface area contributed by atoms with Crippen molar-refractivity contribution in [2.75, 3.05) is 17.2 Å². The van der Waals surface area contributed by atoms with Gasteiger partial charge in [0.05, 0.1) is 16.6 Å². The Morgan fingerprint density at radius 1 is 1.24 bits per heavy atom. The number of benzene rings is 2. The van der Waals surface area contributed by atoms with Gasteiger partial charge in [-0.15, -0.1) is 0 Å². The van der Waals surface area contributed by atoms with Gasteiger partial charge in [0.25, 0.3) is 0 Å². The van der Waals surface area contributed by atoms with Crippen LogP contribution in [0.3, 0.4) is 0 Å². The van der Waals surface area contributed by atoms with Crippen LogP contribution in [0.2, 0.25) is 5.02 Å². The highest BCUT2D eigenvalue weighted by Crippen LogP contribution is 2.26. The number of nitrogens with one attached hydrogen (secondary N) is 2. The van der Waals surface area contributed by atoms with Crippen LogP contribution in [-0.4, -0.2) is 12.5 Å². The molecule has 21 heavy (non-hydrogen) atoms. The third kappa shape index (κ3) is 2.85. The summed E-state index contributed by atoms with van der Waals surface area (Å²) < 4.78 is 13.8. The van der Waals surface area contributed by atoms with Gasteiger partial charge in [0.15, 0.2) is 5.82 Å². The average Bonchev–Trinajstić information content (AvgIpc) is 2.51. The van der Waals surface area contributed by atoms with Crippen molar-refractivity contribution in [3.63, 3.8) is 0 Å². The predicted molar refractivity (Wildman–Crippen MR) is 82.2 cm³/mol. The van der Waals surface area contributed by atoms with Gasteiger partial charge < -0.3 is 10.6 Å². The smallest absolute Gasteiger partial charge is 0.229 e. The normalized spacial score (nSPS) is 16.8. The molecule has 0 aliphatic carbocycles. The average molecular weight is 305 g/mol. The quantitative estimate of drug-likeness (QED) is 0.888. The van der Waals surface area contributed by atoms with Crippen molar-refractivity contribution in [3.05, 3.63) is 58.9 Å². The van der Waals surface area contributed by atoms with E-state index in [4.69, 9.17) is 11.6 Å². The maximum Gasteiger partial charge on any atom is 0.229 e. The van der Waals surface area contributed by atoms with Crippen LogP contribution >= 0.6 is 11.6 Å². The molecule has 1 heterocycles. The Labute approximate surface area is 127 Å². The molecule has 3 rings (SSSR count). The highest BCUT2D eigenvalue weighted by atomic mass is 35.5. The molecule has 0 saturated heterocycles. The molecule has 1 aliphatic rings. The first-order valence-corrected chi connectivity index (χ1v) is 7.09. The SMILES string of the molecule is O=C(Nc1cccc(Cl)c1F)C1CNc2ccccc2C1. The first kappa shape index (κ1) is 13.9. The molecule has 0 fully saturated rings. The van der Waals surface area contributed by atoms with Gasteiger partial charge in [-0.1, -0.05) is 35.9 Å². The second-order valence-corrected chi connectivity index (χ2v) is 5.44. The minimum Gasteiger partial charge on any atom is -0.384 e. The lowest BCUT2D eigenvalue weighted by atomic mass is 9.93. The second kappa shape index (κ2) is 5.74. The van der Waals surface area contributed by atoms with Crippen molar-refractivity contribution in [1.29, 1.82) is 0 Å². The fourth-order valence-corrected chi connectivity index (χ4v) is 2.64. The van der Waals surface area contributed by atoms with Crippen LogP contribution in [-0.2, 0) is 11.2 Å². The summed E-state index contributed by atoms with van der Waals surface area (Å²) in [5.74, 6) is -1.05. The second-order valence-electron chi connectivity index (χ2n) is 5.03. The maximum atomic E-state index is 13.8. The van der Waals surface area contributed by atoms with Gasteiger partial charge in [-0.25, -0.2) is 4.39 Å². The van der Waals surface area contributed by atoms with Crippen LogP contribution in [0, 0.1) is 11.7 Å². The molecule has 0 saturated carbocycles. The first-order valence-electron chi connectivity index (χ1n) is 6.72. The zero-order valence-electron chi connectivity index (χ0n) is 11.2. The van der Waals surface area contributed by atoms with Crippen LogP contribution in [0.4, 0.5) is 15.8 Å². The molecule has 1 aliphatic heterocycles. The number of fused-ring (bicyclic) bond motifs is 1. The van der Waals surface area contributed by atoms with Crippen molar-refractivity contribution in [2.45, 2.75) is 6.42 Å². The Hall–Kier alpha value is -2.07. The van der Waals surface area contributed by atoms with E-state index in [2.05, 4.69) is 10.6 Å². The largest absolute Gasteiger partial charge is 0.384 e. The number of anilines is 2. The molecule has 2 aromatic carbocycles. The molecule has 0 bridgehead atoms. The van der Waals surface area contributed by atoms with Crippen LogP contribution in [0.1, 0.15) is 5.56 Å². The van der Waals surface area contributed by atoms with Crippen LogP contribution in [0.25, 0.3) is 0 Å². The van der Waals surface area contributed by atoms with Crippen LogP contribution in [0.15, 0.2) is 42.5 Å². The Balaban J connectivity index is 1.74. The number of para-hydroxylation sites is 1. The van der Waals surface area contributed by atoms with Crippen LogP contribution in [0.5, 0.6) is 0 Å². The van der Waals surface area contributed by atoms with E-state index in [-0.39, 0.29) is 22.5 Å². The molecule has 5 heteroatoms. The third-order valence-electron chi connectivity index (χ3n) is 3.60. The predicted octanol–water partition coefficient (Wildman–Crippen LogP) is 3.70. The molecule has 3 nitrogen and oxygen atoms in total. The maximum absolute atomic E-state index is 13.8. The summed E-state index contributed by atoms with van der Waals surface area (Å²) >= 11 is 5.71. The van der Waals surface area contributed by atoms with E-state index in [0.29, 0.717) is 13.0 Å². The van der Waals surface area contributed by atoms with Crippen molar-refractivity contribution in [1.82, 2.24) is 0 Å². The van der Waals surface area contributed by atoms with Gasteiger partial charge in [0.2, 0.25) is 5.91 Å². The van der Waals surface area contributed by atoms with Gasteiger partial charge in [-0.05, 0) is 30.2 Å². The number of halogens is 2. The van der Waals surface area contributed by atoms with Crippen LogP contribution < -0.4 is 10.6 Å². The van der Waals surface area contributed by atoms with Crippen molar-refractivity contribution >= 4 is 28.9 Å². The number of hydrogen-bond acceptors (Lipinski definition) is 2. The Bertz CT molecular complexity index is 690. The molecule has 0 aromatic heterocycles. The fraction of sp³-hybridized carbons (Fsp3) is 0.188. The summed E-state index contributed by atoms with van der Waals surface area (Å²) in [5.41, 5.74) is 2.26. The summed E-state index contributed by atoms with van der Waals surface area (Å²) in [7, 11) is 0. The summed E-state index contributed by atoms with van der Waals surface area (Å²) in [4.78, 5) is 12.3. The van der Waals surface area contributed by atoms with Crippen molar-refractivity contribution in [3.8, 4) is 0 Å². The molecule has 108 valence electrons. The molecule has 1 amide bonds. The summed E-state index contributed by atoms with van der Waals surface area (Å²) in [5, 5.41) is 5.84. The van der Waals surface area contributed by atoms with E-state index in [1.807, 2.05) is 24.3 Å². The number of amides is 1. The molecule has 2 N–H and O–H groups in total. The minimum absolute atomic E-state index is 0.0000789. The fourth-order valence-electron chi connectivity index (χ4n) is 2.46. The van der Waals surface area contributed by atoms with Gasteiger partial charge in [0.1, 0.15) is 0 Å². The summed E-state index contributed by atoms with van der Waals surface area (Å²) in [6.45, 7) is 0.533. The molecule has 0 spiro atoms. The lowest BCUT2D eigenvalue weighted by Crippen LogP contribution is -2.34.